The van der Waals surface area contributed by atoms with Gasteiger partial charge >= 0.3 is 6.03 Å². The van der Waals surface area contributed by atoms with Crippen LogP contribution >= 0.6 is 11.3 Å². The fraction of sp³-hybridized carbons (Fsp3) is 0.105. The summed E-state index contributed by atoms with van der Waals surface area (Å²) in [5.74, 6) is 0.700. The number of rotatable bonds is 5. The third kappa shape index (κ3) is 3.94. The Morgan fingerprint density at radius 2 is 1.88 bits per heavy atom. The van der Waals surface area contributed by atoms with Gasteiger partial charge in [0.1, 0.15) is 5.75 Å². The second kappa shape index (κ2) is 7.66. The van der Waals surface area contributed by atoms with Gasteiger partial charge in [-0.1, -0.05) is 42.5 Å². The lowest BCUT2D eigenvalue weighted by molar-refractivity contribution is 0.250. The predicted octanol–water partition coefficient (Wildman–Crippen LogP) is 4.67. The summed E-state index contributed by atoms with van der Waals surface area (Å²) in [4.78, 5) is 13.5. The number of amides is 2. The lowest BCUT2D eigenvalue weighted by Crippen LogP contribution is -2.32. The highest BCUT2D eigenvalue weighted by molar-refractivity contribution is 7.10. The molecule has 2 amide bonds. The van der Waals surface area contributed by atoms with E-state index in [9.17, 15) is 4.79 Å². The molecular weight excluding hydrogens is 320 g/mol. The fourth-order valence-corrected chi connectivity index (χ4v) is 3.22. The monoisotopic (exact) mass is 338 g/mol. The van der Waals surface area contributed by atoms with E-state index in [1.807, 2.05) is 66.0 Å². The summed E-state index contributed by atoms with van der Waals surface area (Å²) < 4.78 is 5.18. The zero-order valence-corrected chi connectivity index (χ0v) is 14.0. The molecule has 2 N–H and O–H groups in total. The van der Waals surface area contributed by atoms with Gasteiger partial charge in [0.25, 0.3) is 0 Å². The number of hydrogen-bond acceptors (Lipinski definition) is 3. The van der Waals surface area contributed by atoms with Crippen molar-refractivity contribution in [1.29, 1.82) is 0 Å². The summed E-state index contributed by atoms with van der Waals surface area (Å²) in [6.45, 7) is 0. The highest BCUT2D eigenvalue weighted by Gasteiger charge is 2.17. The van der Waals surface area contributed by atoms with Crippen LogP contribution in [0.5, 0.6) is 5.75 Å². The minimum Gasteiger partial charge on any atom is -0.497 e. The number of carbonyl (C=O) groups excluding carboxylic acids is 1. The molecule has 0 aliphatic carbocycles. The average molecular weight is 338 g/mol. The Morgan fingerprint density at radius 1 is 1.04 bits per heavy atom. The quantitative estimate of drug-likeness (QED) is 0.710. The highest BCUT2D eigenvalue weighted by Crippen LogP contribution is 2.26. The van der Waals surface area contributed by atoms with Gasteiger partial charge in [0.15, 0.2) is 0 Å². The number of methoxy groups -OCH3 is 1. The van der Waals surface area contributed by atoms with E-state index in [0.717, 1.165) is 10.4 Å². The molecule has 4 nitrogen and oxygen atoms in total. The van der Waals surface area contributed by atoms with Gasteiger partial charge in [-0.05, 0) is 29.1 Å². The molecule has 0 aliphatic rings. The molecule has 0 spiro atoms. The third-order valence-electron chi connectivity index (χ3n) is 3.56. The Labute approximate surface area is 145 Å². The van der Waals surface area contributed by atoms with Crippen molar-refractivity contribution in [2.45, 2.75) is 6.04 Å². The number of hydrogen-bond donors (Lipinski definition) is 2. The Morgan fingerprint density at radius 3 is 2.58 bits per heavy atom. The number of ether oxygens (including phenoxy) is 1. The van der Waals surface area contributed by atoms with Crippen LogP contribution in [0.4, 0.5) is 10.5 Å². The third-order valence-corrected chi connectivity index (χ3v) is 4.50. The first-order valence-corrected chi connectivity index (χ1v) is 8.44. The van der Waals surface area contributed by atoms with E-state index >= 15 is 0 Å². The zero-order chi connectivity index (χ0) is 16.8. The van der Waals surface area contributed by atoms with Crippen LogP contribution in [0.1, 0.15) is 16.5 Å². The molecule has 0 unspecified atom stereocenters. The standard InChI is InChI=1S/C19H18N2O2S/c1-23-16-10-5-9-15(13-16)20-19(22)21-18(17-11-6-12-24-17)14-7-3-2-4-8-14/h2-13,18H,1H3,(H2,20,21,22)/t18-/m1/s1. The minimum atomic E-state index is -0.259. The van der Waals surface area contributed by atoms with Crippen molar-refractivity contribution < 1.29 is 9.53 Å². The van der Waals surface area contributed by atoms with Gasteiger partial charge in [-0.25, -0.2) is 4.79 Å². The number of carbonyl (C=O) groups is 1. The van der Waals surface area contributed by atoms with Crippen molar-refractivity contribution in [3.8, 4) is 5.75 Å². The zero-order valence-electron chi connectivity index (χ0n) is 13.2. The van der Waals surface area contributed by atoms with E-state index in [0.29, 0.717) is 11.4 Å². The molecule has 0 bridgehead atoms. The van der Waals surface area contributed by atoms with Gasteiger partial charge in [0.2, 0.25) is 0 Å². The number of benzene rings is 2. The van der Waals surface area contributed by atoms with Crippen LogP contribution in [0.15, 0.2) is 72.1 Å². The number of urea groups is 1. The molecule has 0 fully saturated rings. The highest BCUT2D eigenvalue weighted by atomic mass is 32.1. The minimum absolute atomic E-state index is 0.184. The van der Waals surface area contributed by atoms with Gasteiger partial charge < -0.3 is 15.4 Å². The van der Waals surface area contributed by atoms with Crippen molar-refractivity contribution in [1.82, 2.24) is 5.32 Å². The lowest BCUT2D eigenvalue weighted by Gasteiger charge is -2.18. The molecule has 3 aromatic rings. The van der Waals surface area contributed by atoms with Gasteiger partial charge in [0, 0.05) is 16.6 Å². The molecule has 0 aliphatic heterocycles. The van der Waals surface area contributed by atoms with E-state index in [1.165, 1.54) is 0 Å². The van der Waals surface area contributed by atoms with Crippen LogP contribution < -0.4 is 15.4 Å². The predicted molar refractivity (Wildman–Crippen MR) is 97.8 cm³/mol. The molecule has 1 atom stereocenters. The molecule has 24 heavy (non-hydrogen) atoms. The summed E-state index contributed by atoms with van der Waals surface area (Å²) in [5.41, 5.74) is 1.73. The molecule has 2 aromatic carbocycles. The molecular formula is C19H18N2O2S. The molecule has 0 saturated carbocycles. The fourth-order valence-electron chi connectivity index (χ4n) is 2.42. The van der Waals surface area contributed by atoms with E-state index in [2.05, 4.69) is 10.6 Å². The second-order valence-corrected chi connectivity index (χ2v) is 6.17. The maximum Gasteiger partial charge on any atom is 0.320 e. The molecule has 122 valence electrons. The summed E-state index contributed by atoms with van der Waals surface area (Å²) in [6, 6.07) is 20.8. The molecule has 0 radical (unpaired) electrons. The first kappa shape index (κ1) is 16.1. The van der Waals surface area contributed by atoms with Crippen molar-refractivity contribution in [3.05, 3.63) is 82.6 Å². The summed E-state index contributed by atoms with van der Waals surface area (Å²) in [7, 11) is 1.60. The Hall–Kier alpha value is -2.79. The number of anilines is 1. The molecule has 0 saturated heterocycles. The first-order valence-electron chi connectivity index (χ1n) is 7.56. The van der Waals surface area contributed by atoms with Crippen molar-refractivity contribution >= 4 is 23.1 Å². The van der Waals surface area contributed by atoms with Crippen LogP contribution in [0, 0.1) is 0 Å². The van der Waals surface area contributed by atoms with Gasteiger partial charge in [-0.3, -0.25) is 0 Å². The SMILES string of the molecule is COc1cccc(NC(=O)N[C@H](c2ccccc2)c2cccs2)c1. The van der Waals surface area contributed by atoms with Crippen LogP contribution in [0.25, 0.3) is 0 Å². The molecule has 3 rings (SSSR count). The van der Waals surface area contributed by atoms with Crippen molar-refractivity contribution in [2.24, 2.45) is 0 Å². The summed E-state index contributed by atoms with van der Waals surface area (Å²) >= 11 is 1.62. The first-order chi connectivity index (χ1) is 11.8. The Balaban J connectivity index is 1.76. The van der Waals surface area contributed by atoms with E-state index in [4.69, 9.17) is 4.74 Å². The van der Waals surface area contributed by atoms with Crippen molar-refractivity contribution in [3.63, 3.8) is 0 Å². The van der Waals surface area contributed by atoms with E-state index in [-0.39, 0.29) is 12.1 Å². The average Bonchev–Trinajstić information content (AvgIpc) is 3.15. The second-order valence-electron chi connectivity index (χ2n) is 5.19. The van der Waals surface area contributed by atoms with Crippen LogP contribution in [0.2, 0.25) is 0 Å². The van der Waals surface area contributed by atoms with Crippen LogP contribution in [-0.2, 0) is 0 Å². The number of thiophene rings is 1. The largest absolute Gasteiger partial charge is 0.497 e. The smallest absolute Gasteiger partial charge is 0.320 e. The van der Waals surface area contributed by atoms with Crippen LogP contribution in [0.3, 0.4) is 0 Å². The van der Waals surface area contributed by atoms with Crippen LogP contribution in [-0.4, -0.2) is 13.1 Å². The lowest BCUT2D eigenvalue weighted by atomic mass is 10.1. The Kier molecular flexibility index (Phi) is 5.13. The summed E-state index contributed by atoms with van der Waals surface area (Å²) in [6.07, 6.45) is 0. The van der Waals surface area contributed by atoms with Gasteiger partial charge in [0.05, 0.1) is 13.2 Å². The Bertz CT molecular complexity index is 788. The maximum atomic E-state index is 12.4. The van der Waals surface area contributed by atoms with Gasteiger partial charge in [-0.2, -0.15) is 0 Å². The molecule has 5 heteroatoms. The normalized spacial score (nSPS) is 11.5. The number of nitrogens with one attached hydrogen (secondary N) is 2. The summed E-state index contributed by atoms with van der Waals surface area (Å²) in [5, 5.41) is 7.90. The molecule has 1 aromatic heterocycles. The van der Waals surface area contributed by atoms with Crippen molar-refractivity contribution in [2.75, 3.05) is 12.4 Å². The van der Waals surface area contributed by atoms with E-state index in [1.54, 1.807) is 24.5 Å². The maximum absolute atomic E-state index is 12.4. The van der Waals surface area contributed by atoms with E-state index < -0.39 is 0 Å². The topological polar surface area (TPSA) is 50.4 Å². The molecule has 1 heterocycles. The van der Waals surface area contributed by atoms with Gasteiger partial charge in [-0.15, -0.1) is 11.3 Å².